The minimum Gasteiger partial charge on any atom is -0.472 e. The van der Waals surface area contributed by atoms with Gasteiger partial charge in [0.1, 0.15) is 12.2 Å². The first-order valence-corrected chi connectivity index (χ1v) is 5.48. The molecule has 5 heteroatoms. The first-order chi connectivity index (χ1) is 7.90. The molecule has 2 heterocycles. The van der Waals surface area contributed by atoms with Crippen LogP contribution in [-0.2, 0) is 19.5 Å². The van der Waals surface area contributed by atoms with E-state index in [0.29, 0.717) is 0 Å². The molecule has 16 heavy (non-hydrogen) atoms. The van der Waals surface area contributed by atoms with E-state index in [1.807, 2.05) is 6.07 Å². The summed E-state index contributed by atoms with van der Waals surface area (Å²) in [4.78, 5) is 0. The van der Waals surface area contributed by atoms with Crippen LogP contribution in [0, 0.1) is 0 Å². The van der Waals surface area contributed by atoms with Gasteiger partial charge in [-0.15, -0.1) is 10.2 Å². The van der Waals surface area contributed by atoms with Gasteiger partial charge in [0.15, 0.2) is 0 Å². The predicted octanol–water partition coefficient (Wildman–Crippen LogP) is 1.22. The van der Waals surface area contributed by atoms with Crippen LogP contribution in [-0.4, -0.2) is 21.3 Å². The number of hydrogen-bond donors (Lipinski definition) is 1. The lowest BCUT2D eigenvalue weighted by Gasteiger charge is -2.05. The van der Waals surface area contributed by atoms with Crippen LogP contribution in [0.3, 0.4) is 0 Å². The third-order valence-electron chi connectivity index (χ3n) is 2.45. The zero-order chi connectivity index (χ0) is 11.2. The summed E-state index contributed by atoms with van der Waals surface area (Å²) in [6.07, 6.45) is 6.13. The second-order valence-corrected chi connectivity index (χ2v) is 3.60. The Balaban J connectivity index is 1.72. The number of rotatable bonds is 6. The molecular weight excluding hydrogens is 204 g/mol. The zero-order valence-corrected chi connectivity index (χ0v) is 9.39. The standard InChI is InChI=1S/C11H16N4O/c1-2-11-14-13-9-15(11)5-4-12-7-10-3-6-16-8-10/h3,6,8-9,12H,2,4-5,7H2,1H3. The van der Waals surface area contributed by atoms with E-state index in [1.54, 1.807) is 18.9 Å². The lowest BCUT2D eigenvalue weighted by atomic mass is 10.3. The average Bonchev–Trinajstić information content (AvgIpc) is 2.95. The predicted molar refractivity (Wildman–Crippen MR) is 59.8 cm³/mol. The number of nitrogens with one attached hydrogen (secondary N) is 1. The third kappa shape index (κ3) is 2.70. The van der Waals surface area contributed by atoms with Crippen molar-refractivity contribution < 1.29 is 4.42 Å². The fraction of sp³-hybridized carbons (Fsp3) is 0.455. The summed E-state index contributed by atoms with van der Waals surface area (Å²) in [5, 5.41) is 11.3. The van der Waals surface area contributed by atoms with Crippen molar-refractivity contribution in [1.29, 1.82) is 0 Å². The summed E-state index contributed by atoms with van der Waals surface area (Å²) in [5.41, 5.74) is 1.17. The smallest absolute Gasteiger partial charge is 0.132 e. The first kappa shape index (κ1) is 10.9. The number of hydrogen-bond acceptors (Lipinski definition) is 4. The molecule has 2 aromatic heterocycles. The molecule has 0 aliphatic carbocycles. The Bertz CT molecular complexity index is 407. The van der Waals surface area contributed by atoms with E-state index < -0.39 is 0 Å². The lowest BCUT2D eigenvalue weighted by Crippen LogP contribution is -2.19. The summed E-state index contributed by atoms with van der Waals surface area (Å²) >= 11 is 0. The number of aromatic nitrogens is 3. The molecule has 2 rings (SSSR count). The zero-order valence-electron chi connectivity index (χ0n) is 9.39. The molecule has 0 bridgehead atoms. The first-order valence-electron chi connectivity index (χ1n) is 5.48. The van der Waals surface area contributed by atoms with Crippen LogP contribution in [0.1, 0.15) is 18.3 Å². The van der Waals surface area contributed by atoms with Gasteiger partial charge in [-0.25, -0.2) is 0 Å². The van der Waals surface area contributed by atoms with Crippen LogP contribution in [0.15, 0.2) is 29.3 Å². The van der Waals surface area contributed by atoms with Gasteiger partial charge in [-0.3, -0.25) is 0 Å². The molecule has 0 aliphatic rings. The van der Waals surface area contributed by atoms with E-state index in [1.165, 1.54) is 5.56 Å². The molecule has 0 amide bonds. The molecule has 0 saturated carbocycles. The fourth-order valence-corrected chi connectivity index (χ4v) is 1.56. The van der Waals surface area contributed by atoms with Crippen molar-refractivity contribution in [3.05, 3.63) is 36.3 Å². The van der Waals surface area contributed by atoms with Crippen molar-refractivity contribution in [2.45, 2.75) is 26.4 Å². The van der Waals surface area contributed by atoms with Crippen LogP contribution < -0.4 is 5.32 Å². The van der Waals surface area contributed by atoms with Crippen LogP contribution in [0.2, 0.25) is 0 Å². The summed E-state index contributed by atoms with van der Waals surface area (Å²) in [6.45, 7) is 4.71. The van der Waals surface area contributed by atoms with E-state index in [-0.39, 0.29) is 0 Å². The minimum atomic E-state index is 0.833. The van der Waals surface area contributed by atoms with Crippen LogP contribution >= 0.6 is 0 Å². The van der Waals surface area contributed by atoms with Crippen LogP contribution in [0.5, 0.6) is 0 Å². The van der Waals surface area contributed by atoms with Crippen molar-refractivity contribution >= 4 is 0 Å². The van der Waals surface area contributed by atoms with Gasteiger partial charge >= 0.3 is 0 Å². The molecule has 0 aromatic carbocycles. The average molecular weight is 220 g/mol. The molecule has 1 N–H and O–H groups in total. The largest absolute Gasteiger partial charge is 0.472 e. The van der Waals surface area contributed by atoms with Crippen LogP contribution in [0.4, 0.5) is 0 Å². The summed E-state index contributed by atoms with van der Waals surface area (Å²) in [6, 6.07) is 1.96. The van der Waals surface area contributed by atoms with E-state index in [2.05, 4.69) is 27.0 Å². The summed E-state index contributed by atoms with van der Waals surface area (Å²) in [5.74, 6) is 1.03. The topological polar surface area (TPSA) is 55.9 Å². The molecule has 0 atom stereocenters. The van der Waals surface area contributed by atoms with Crippen molar-refractivity contribution in [2.75, 3.05) is 6.54 Å². The van der Waals surface area contributed by atoms with Gasteiger partial charge < -0.3 is 14.3 Å². The Kier molecular flexibility index (Phi) is 3.71. The molecular formula is C11H16N4O. The second kappa shape index (κ2) is 5.46. The highest BCUT2D eigenvalue weighted by molar-refractivity contribution is 5.04. The molecule has 5 nitrogen and oxygen atoms in total. The molecule has 0 unspecified atom stereocenters. The lowest BCUT2D eigenvalue weighted by molar-refractivity contribution is 0.553. The molecule has 0 fully saturated rings. The Morgan fingerprint density at radius 3 is 3.19 bits per heavy atom. The Morgan fingerprint density at radius 2 is 2.44 bits per heavy atom. The van der Waals surface area contributed by atoms with Crippen molar-refractivity contribution in [3.8, 4) is 0 Å². The highest BCUT2D eigenvalue weighted by atomic mass is 16.3. The van der Waals surface area contributed by atoms with Crippen molar-refractivity contribution in [2.24, 2.45) is 0 Å². The Morgan fingerprint density at radius 1 is 1.50 bits per heavy atom. The quantitative estimate of drug-likeness (QED) is 0.744. The fourth-order valence-electron chi connectivity index (χ4n) is 1.56. The minimum absolute atomic E-state index is 0.833. The number of furan rings is 1. The van der Waals surface area contributed by atoms with E-state index in [4.69, 9.17) is 4.42 Å². The Labute approximate surface area is 94.5 Å². The molecule has 86 valence electrons. The Hall–Kier alpha value is -1.62. The SMILES string of the molecule is CCc1nncn1CCNCc1ccoc1. The number of nitrogens with zero attached hydrogens (tertiary/aromatic N) is 3. The van der Waals surface area contributed by atoms with Crippen molar-refractivity contribution in [1.82, 2.24) is 20.1 Å². The van der Waals surface area contributed by atoms with Gasteiger partial charge in [-0.1, -0.05) is 6.92 Å². The maximum atomic E-state index is 4.99. The summed E-state index contributed by atoms with van der Waals surface area (Å²) < 4.78 is 7.06. The van der Waals surface area contributed by atoms with Crippen molar-refractivity contribution in [3.63, 3.8) is 0 Å². The van der Waals surface area contributed by atoms with Gasteiger partial charge in [-0.05, 0) is 6.07 Å². The normalized spacial score (nSPS) is 10.8. The van der Waals surface area contributed by atoms with E-state index >= 15 is 0 Å². The molecule has 0 spiro atoms. The van der Waals surface area contributed by atoms with E-state index in [0.717, 1.165) is 31.9 Å². The highest BCUT2D eigenvalue weighted by Gasteiger charge is 2.00. The molecule has 0 radical (unpaired) electrons. The molecule has 0 aliphatic heterocycles. The second-order valence-electron chi connectivity index (χ2n) is 3.60. The van der Waals surface area contributed by atoms with Crippen LogP contribution in [0.25, 0.3) is 0 Å². The monoisotopic (exact) mass is 220 g/mol. The van der Waals surface area contributed by atoms with E-state index in [9.17, 15) is 0 Å². The summed E-state index contributed by atoms with van der Waals surface area (Å²) in [7, 11) is 0. The number of aryl methyl sites for hydroxylation is 1. The maximum Gasteiger partial charge on any atom is 0.132 e. The van der Waals surface area contributed by atoms with Gasteiger partial charge in [-0.2, -0.15) is 0 Å². The molecule has 0 saturated heterocycles. The highest BCUT2D eigenvalue weighted by Crippen LogP contribution is 1.99. The van der Waals surface area contributed by atoms with Gasteiger partial charge in [0.2, 0.25) is 0 Å². The van der Waals surface area contributed by atoms with Gasteiger partial charge in [0, 0.05) is 31.6 Å². The third-order valence-corrected chi connectivity index (χ3v) is 2.45. The van der Waals surface area contributed by atoms with Gasteiger partial charge in [0.05, 0.1) is 12.5 Å². The molecule has 2 aromatic rings. The van der Waals surface area contributed by atoms with Gasteiger partial charge in [0.25, 0.3) is 0 Å². The maximum absolute atomic E-state index is 4.99.